The third kappa shape index (κ3) is 3.57. The van der Waals surface area contributed by atoms with Crippen molar-refractivity contribution in [2.45, 2.75) is 56.1 Å². The fourth-order valence-corrected chi connectivity index (χ4v) is 7.66. The predicted octanol–water partition coefficient (Wildman–Crippen LogP) is 4.80. The molecule has 0 bridgehead atoms. The summed E-state index contributed by atoms with van der Waals surface area (Å²) in [6.45, 7) is 2.21. The molecule has 0 spiro atoms. The number of fused-ring (bicyclic) bond motifs is 1. The Morgan fingerprint density at radius 2 is 2.11 bits per heavy atom. The van der Waals surface area contributed by atoms with Gasteiger partial charge >= 0.3 is 5.97 Å². The van der Waals surface area contributed by atoms with Crippen molar-refractivity contribution in [3.05, 3.63) is 45.6 Å². The maximum atomic E-state index is 12.5. The van der Waals surface area contributed by atoms with E-state index >= 15 is 0 Å². The van der Waals surface area contributed by atoms with Gasteiger partial charge in [-0.1, -0.05) is 31.5 Å². The molecule has 0 radical (unpaired) electrons. The van der Waals surface area contributed by atoms with Gasteiger partial charge in [-0.25, -0.2) is 8.42 Å². The highest BCUT2D eigenvalue weighted by Gasteiger charge is 2.37. The second-order valence-electron chi connectivity index (χ2n) is 7.71. The van der Waals surface area contributed by atoms with Crippen LogP contribution in [0.25, 0.3) is 11.1 Å². The minimum absolute atomic E-state index is 0.0161. The van der Waals surface area contributed by atoms with Gasteiger partial charge in [0.25, 0.3) is 0 Å². The second kappa shape index (κ2) is 7.06. The van der Waals surface area contributed by atoms with Crippen LogP contribution in [0.2, 0.25) is 0 Å². The molecular formula is C21H24O4S2. The van der Waals surface area contributed by atoms with Crippen molar-refractivity contribution in [2.24, 2.45) is 0 Å². The number of hydrogen-bond acceptors (Lipinski definition) is 4. The quantitative estimate of drug-likeness (QED) is 0.751. The second-order valence-corrected chi connectivity index (χ2v) is 11.0. The maximum absolute atomic E-state index is 12.5. The number of aliphatic carboxylic acids is 1. The fraction of sp³-hybridized carbons (Fsp3) is 0.476. The topological polar surface area (TPSA) is 71.4 Å². The van der Waals surface area contributed by atoms with Gasteiger partial charge in [-0.3, -0.25) is 4.79 Å². The molecule has 2 unspecified atom stereocenters. The van der Waals surface area contributed by atoms with E-state index in [1.54, 1.807) is 11.3 Å². The van der Waals surface area contributed by atoms with Gasteiger partial charge in [0.15, 0.2) is 9.84 Å². The molecule has 1 aromatic carbocycles. The lowest BCUT2D eigenvalue weighted by Gasteiger charge is -2.27. The minimum Gasteiger partial charge on any atom is -0.481 e. The molecule has 1 aromatic heterocycles. The maximum Gasteiger partial charge on any atom is 0.304 e. The molecular weight excluding hydrogens is 380 g/mol. The first-order valence-electron chi connectivity index (χ1n) is 9.55. The molecule has 1 saturated heterocycles. The van der Waals surface area contributed by atoms with Crippen molar-refractivity contribution >= 4 is 27.1 Å². The Morgan fingerprint density at radius 3 is 2.81 bits per heavy atom. The largest absolute Gasteiger partial charge is 0.481 e. The Kier molecular flexibility index (Phi) is 4.89. The zero-order valence-corrected chi connectivity index (χ0v) is 17.0. The molecule has 2 aromatic rings. The van der Waals surface area contributed by atoms with Gasteiger partial charge in [-0.2, -0.15) is 0 Å². The average molecular weight is 405 g/mol. The molecule has 1 fully saturated rings. The number of thiophene rings is 1. The van der Waals surface area contributed by atoms with E-state index in [1.165, 1.54) is 35.1 Å². The summed E-state index contributed by atoms with van der Waals surface area (Å²) in [5.41, 5.74) is 5.40. The molecule has 27 heavy (non-hydrogen) atoms. The van der Waals surface area contributed by atoms with Crippen LogP contribution in [0.1, 0.15) is 66.9 Å². The van der Waals surface area contributed by atoms with Gasteiger partial charge in [-0.05, 0) is 53.0 Å². The van der Waals surface area contributed by atoms with Crippen LogP contribution in [-0.4, -0.2) is 30.5 Å². The van der Waals surface area contributed by atoms with Crippen molar-refractivity contribution < 1.29 is 18.3 Å². The summed E-state index contributed by atoms with van der Waals surface area (Å²) < 4.78 is 25.0. The van der Waals surface area contributed by atoms with E-state index in [2.05, 4.69) is 36.6 Å². The molecule has 4 nitrogen and oxygen atoms in total. The monoisotopic (exact) mass is 404 g/mol. The van der Waals surface area contributed by atoms with Crippen LogP contribution < -0.4 is 0 Å². The lowest BCUT2D eigenvalue weighted by atomic mass is 9.98. The van der Waals surface area contributed by atoms with Gasteiger partial charge in [0, 0.05) is 16.7 Å². The van der Waals surface area contributed by atoms with Crippen LogP contribution in [0.4, 0.5) is 0 Å². The number of carboxylic acid groups (broad SMARTS) is 1. The van der Waals surface area contributed by atoms with E-state index in [1.807, 2.05) is 0 Å². The highest BCUT2D eigenvalue weighted by Crippen LogP contribution is 2.52. The van der Waals surface area contributed by atoms with Crippen LogP contribution in [0.5, 0.6) is 0 Å². The Bertz CT molecular complexity index is 974. The SMILES string of the molecule is CCCC1c2cccc(-c3csc(C4CC[C@@H](CC(=O)O)S(=O)(=O)C4)c3)c21. The Morgan fingerprint density at radius 1 is 1.30 bits per heavy atom. The highest BCUT2D eigenvalue weighted by molar-refractivity contribution is 7.92. The summed E-state index contributed by atoms with van der Waals surface area (Å²) in [6.07, 6.45) is 3.26. The summed E-state index contributed by atoms with van der Waals surface area (Å²) in [6, 6.07) is 8.64. The van der Waals surface area contributed by atoms with Crippen LogP contribution in [0.3, 0.4) is 0 Å². The number of hydrogen-bond donors (Lipinski definition) is 1. The number of rotatable bonds is 6. The van der Waals surface area contributed by atoms with Crippen LogP contribution in [0.15, 0.2) is 29.6 Å². The summed E-state index contributed by atoms with van der Waals surface area (Å²) >= 11 is 1.63. The lowest BCUT2D eigenvalue weighted by molar-refractivity contribution is -0.137. The highest BCUT2D eigenvalue weighted by atomic mass is 32.2. The first-order chi connectivity index (χ1) is 12.9. The van der Waals surface area contributed by atoms with E-state index in [-0.39, 0.29) is 18.1 Å². The predicted molar refractivity (Wildman–Crippen MR) is 108 cm³/mol. The molecule has 0 amide bonds. The Balaban J connectivity index is 1.53. The zero-order valence-electron chi connectivity index (χ0n) is 15.3. The van der Waals surface area contributed by atoms with Crippen molar-refractivity contribution in [3.63, 3.8) is 0 Å². The smallest absolute Gasteiger partial charge is 0.304 e. The van der Waals surface area contributed by atoms with Crippen molar-refractivity contribution in [3.8, 4) is 11.1 Å². The summed E-state index contributed by atoms with van der Waals surface area (Å²) in [7, 11) is -3.36. The first-order valence-corrected chi connectivity index (χ1v) is 12.1. The van der Waals surface area contributed by atoms with Gasteiger partial charge in [0.1, 0.15) is 0 Å². The molecule has 4 rings (SSSR count). The lowest BCUT2D eigenvalue weighted by Crippen LogP contribution is -2.34. The molecule has 2 aliphatic rings. The molecule has 2 heterocycles. The summed E-state index contributed by atoms with van der Waals surface area (Å²) in [5.74, 6) is -0.392. The standard InChI is InChI=1S/C21H24O4S2/c1-2-4-17-18-6-3-5-16(21(17)18)14-9-19(26-11-14)13-7-8-15(10-20(22)23)27(24,25)12-13/h3,5-6,9,11,13,15,17H,2,4,7-8,10,12H2,1H3,(H,22,23)/t13?,15-,17?/m0/s1. The van der Waals surface area contributed by atoms with E-state index < -0.39 is 21.1 Å². The van der Waals surface area contributed by atoms with Crippen molar-refractivity contribution in [2.75, 3.05) is 5.75 Å². The van der Waals surface area contributed by atoms with Crippen molar-refractivity contribution in [1.29, 1.82) is 0 Å². The molecule has 144 valence electrons. The molecule has 6 heteroatoms. The minimum atomic E-state index is -3.36. The number of sulfone groups is 1. The molecule has 3 atom stereocenters. The van der Waals surface area contributed by atoms with Gasteiger partial charge in [0.05, 0.1) is 17.4 Å². The number of benzene rings is 1. The summed E-state index contributed by atoms with van der Waals surface area (Å²) in [4.78, 5) is 12.0. The first kappa shape index (κ1) is 18.7. The number of carbonyl (C=O) groups is 1. The van der Waals surface area contributed by atoms with E-state index in [0.29, 0.717) is 12.3 Å². The van der Waals surface area contributed by atoms with Crippen LogP contribution in [-0.2, 0) is 14.6 Å². The Labute approximate surface area is 164 Å². The molecule has 1 aliphatic carbocycles. The third-order valence-corrected chi connectivity index (χ3v) is 9.25. The van der Waals surface area contributed by atoms with Crippen molar-refractivity contribution in [1.82, 2.24) is 0 Å². The fourth-order valence-electron chi connectivity index (χ4n) is 4.44. The van der Waals surface area contributed by atoms with E-state index in [4.69, 9.17) is 5.11 Å². The zero-order chi connectivity index (χ0) is 19.2. The Hall–Kier alpha value is -1.66. The van der Waals surface area contributed by atoms with Gasteiger partial charge < -0.3 is 5.11 Å². The van der Waals surface area contributed by atoms with E-state index in [9.17, 15) is 13.2 Å². The molecule has 1 N–H and O–H groups in total. The molecule has 1 aliphatic heterocycles. The number of carboxylic acids is 1. The molecule has 0 saturated carbocycles. The third-order valence-electron chi connectivity index (χ3n) is 5.87. The van der Waals surface area contributed by atoms with Gasteiger partial charge in [0.2, 0.25) is 0 Å². The van der Waals surface area contributed by atoms with E-state index in [0.717, 1.165) is 11.3 Å². The van der Waals surface area contributed by atoms with Gasteiger partial charge in [-0.15, -0.1) is 11.3 Å². The normalized spacial score (nSPS) is 25.7. The van der Waals surface area contributed by atoms with Crippen LogP contribution in [0, 0.1) is 0 Å². The summed E-state index contributed by atoms with van der Waals surface area (Å²) in [5, 5.41) is 10.3. The van der Waals surface area contributed by atoms with Crippen LogP contribution >= 0.6 is 11.3 Å². The average Bonchev–Trinajstić information content (AvgIpc) is 3.10.